The third-order valence-corrected chi connectivity index (χ3v) is 4.02. The van der Waals surface area contributed by atoms with E-state index >= 15 is 0 Å². The lowest BCUT2D eigenvalue weighted by molar-refractivity contribution is 0.0603. The molecule has 23 heavy (non-hydrogen) atoms. The van der Waals surface area contributed by atoms with Crippen LogP contribution in [0.5, 0.6) is 11.5 Å². The maximum absolute atomic E-state index is 12.2. The molecule has 0 heterocycles. The van der Waals surface area contributed by atoms with Crippen molar-refractivity contribution < 1.29 is 19.0 Å². The fourth-order valence-corrected chi connectivity index (χ4v) is 2.88. The molecule has 0 spiro atoms. The SMILES string of the molecule is COC(=O)c1cc2cc(OC)c(OC)cc2c2cc(C)ccc12. The molecule has 3 aromatic rings. The average Bonchev–Trinajstić information content (AvgIpc) is 2.58. The highest BCUT2D eigenvalue weighted by Crippen LogP contribution is 2.37. The Labute approximate surface area is 134 Å². The van der Waals surface area contributed by atoms with Gasteiger partial charge in [-0.2, -0.15) is 0 Å². The quantitative estimate of drug-likeness (QED) is 0.539. The van der Waals surface area contributed by atoms with Gasteiger partial charge in [-0.15, -0.1) is 0 Å². The van der Waals surface area contributed by atoms with Gasteiger partial charge in [0.1, 0.15) is 0 Å². The van der Waals surface area contributed by atoms with Gasteiger partial charge in [-0.1, -0.05) is 23.8 Å². The number of esters is 1. The maximum atomic E-state index is 12.2. The molecule has 3 rings (SSSR count). The first-order chi connectivity index (χ1) is 11.1. The third kappa shape index (κ3) is 2.46. The van der Waals surface area contributed by atoms with E-state index in [4.69, 9.17) is 14.2 Å². The highest BCUT2D eigenvalue weighted by atomic mass is 16.5. The maximum Gasteiger partial charge on any atom is 0.338 e. The molecular weight excluding hydrogens is 292 g/mol. The summed E-state index contributed by atoms with van der Waals surface area (Å²) in [6.07, 6.45) is 0. The molecule has 0 aliphatic rings. The summed E-state index contributed by atoms with van der Waals surface area (Å²) in [5.74, 6) is 0.937. The Morgan fingerprint density at radius 1 is 0.826 bits per heavy atom. The molecule has 0 N–H and O–H groups in total. The first-order valence-electron chi connectivity index (χ1n) is 7.26. The predicted molar refractivity (Wildman–Crippen MR) is 90.6 cm³/mol. The molecule has 118 valence electrons. The van der Waals surface area contributed by atoms with Crippen LogP contribution in [-0.2, 0) is 4.74 Å². The van der Waals surface area contributed by atoms with Gasteiger partial charge in [-0.25, -0.2) is 4.79 Å². The number of aryl methyl sites for hydroxylation is 1. The molecule has 0 aliphatic heterocycles. The Kier molecular flexibility index (Phi) is 3.82. The Bertz CT molecular complexity index is 912. The van der Waals surface area contributed by atoms with Crippen LogP contribution >= 0.6 is 0 Å². The van der Waals surface area contributed by atoms with Crippen molar-refractivity contribution in [3.63, 3.8) is 0 Å². The predicted octanol–water partition coefficient (Wildman–Crippen LogP) is 4.11. The largest absolute Gasteiger partial charge is 0.493 e. The lowest BCUT2D eigenvalue weighted by atomic mass is 9.95. The van der Waals surface area contributed by atoms with Crippen LogP contribution in [0.3, 0.4) is 0 Å². The van der Waals surface area contributed by atoms with Crippen molar-refractivity contribution >= 4 is 27.5 Å². The zero-order valence-electron chi connectivity index (χ0n) is 13.6. The minimum Gasteiger partial charge on any atom is -0.493 e. The molecule has 0 saturated heterocycles. The summed E-state index contributed by atoms with van der Waals surface area (Å²) >= 11 is 0. The smallest absolute Gasteiger partial charge is 0.338 e. The molecule has 0 radical (unpaired) electrons. The Balaban J connectivity index is 2.48. The number of carbonyl (C=O) groups excluding carboxylic acids is 1. The van der Waals surface area contributed by atoms with Crippen molar-refractivity contribution in [2.45, 2.75) is 6.92 Å². The van der Waals surface area contributed by atoms with Gasteiger partial charge in [-0.3, -0.25) is 0 Å². The van der Waals surface area contributed by atoms with Gasteiger partial charge >= 0.3 is 5.97 Å². The van der Waals surface area contributed by atoms with E-state index < -0.39 is 0 Å². The second kappa shape index (κ2) is 5.80. The van der Waals surface area contributed by atoms with E-state index in [1.54, 1.807) is 14.2 Å². The van der Waals surface area contributed by atoms with E-state index in [1.165, 1.54) is 7.11 Å². The molecule has 0 unspecified atom stereocenters. The number of benzene rings is 3. The van der Waals surface area contributed by atoms with Crippen LogP contribution in [0, 0.1) is 6.92 Å². The lowest BCUT2D eigenvalue weighted by Gasteiger charge is -2.13. The molecule has 4 heteroatoms. The minimum absolute atomic E-state index is 0.351. The number of hydrogen-bond donors (Lipinski definition) is 0. The molecule has 0 aromatic heterocycles. The molecule has 0 atom stereocenters. The first kappa shape index (κ1) is 15.2. The van der Waals surface area contributed by atoms with E-state index in [2.05, 4.69) is 6.07 Å². The second-order valence-corrected chi connectivity index (χ2v) is 5.39. The van der Waals surface area contributed by atoms with Crippen LogP contribution in [0.25, 0.3) is 21.5 Å². The molecule has 0 bridgehead atoms. The minimum atomic E-state index is -0.351. The third-order valence-electron chi connectivity index (χ3n) is 4.02. The Morgan fingerprint density at radius 3 is 2.17 bits per heavy atom. The zero-order valence-corrected chi connectivity index (χ0v) is 13.6. The van der Waals surface area contributed by atoms with Crippen LogP contribution < -0.4 is 9.47 Å². The van der Waals surface area contributed by atoms with Crippen LogP contribution in [-0.4, -0.2) is 27.3 Å². The van der Waals surface area contributed by atoms with Gasteiger partial charge in [0.2, 0.25) is 0 Å². The average molecular weight is 310 g/mol. The zero-order chi connectivity index (χ0) is 16.6. The van der Waals surface area contributed by atoms with E-state index in [0.29, 0.717) is 17.1 Å². The number of rotatable bonds is 3. The lowest BCUT2D eigenvalue weighted by Crippen LogP contribution is -2.02. The molecular formula is C19H18O4. The normalized spacial score (nSPS) is 10.8. The summed E-state index contributed by atoms with van der Waals surface area (Å²) in [4.78, 5) is 12.2. The molecule has 0 aliphatic carbocycles. The summed E-state index contributed by atoms with van der Waals surface area (Å²) in [6, 6.07) is 11.7. The molecule has 0 amide bonds. The van der Waals surface area contributed by atoms with Gasteiger partial charge < -0.3 is 14.2 Å². The summed E-state index contributed by atoms with van der Waals surface area (Å²) in [6.45, 7) is 2.02. The second-order valence-electron chi connectivity index (χ2n) is 5.39. The Hall–Kier alpha value is -2.75. The van der Waals surface area contributed by atoms with Crippen molar-refractivity contribution in [1.29, 1.82) is 0 Å². The highest BCUT2D eigenvalue weighted by Gasteiger charge is 2.16. The van der Waals surface area contributed by atoms with Crippen LogP contribution in [0.1, 0.15) is 15.9 Å². The molecule has 4 nitrogen and oxygen atoms in total. The standard InChI is InChI=1S/C19H18O4/c1-11-5-6-13-15(7-11)14-10-18(22-3)17(21-2)9-12(14)8-16(13)19(20)23-4/h5-10H,1-4H3. The fourth-order valence-electron chi connectivity index (χ4n) is 2.88. The van der Waals surface area contributed by atoms with Crippen molar-refractivity contribution in [3.8, 4) is 11.5 Å². The van der Waals surface area contributed by atoms with Gasteiger partial charge in [0.15, 0.2) is 11.5 Å². The van der Waals surface area contributed by atoms with Crippen LogP contribution in [0.15, 0.2) is 36.4 Å². The van der Waals surface area contributed by atoms with E-state index in [-0.39, 0.29) is 5.97 Å². The van der Waals surface area contributed by atoms with E-state index in [9.17, 15) is 4.79 Å². The summed E-state index contributed by atoms with van der Waals surface area (Å²) in [5, 5.41) is 3.76. The highest BCUT2D eigenvalue weighted by molar-refractivity contribution is 6.16. The summed E-state index contributed by atoms with van der Waals surface area (Å²) in [5.41, 5.74) is 1.66. The van der Waals surface area contributed by atoms with Crippen LogP contribution in [0.4, 0.5) is 0 Å². The van der Waals surface area contributed by atoms with Gasteiger partial charge in [0.25, 0.3) is 0 Å². The first-order valence-corrected chi connectivity index (χ1v) is 7.26. The number of fused-ring (bicyclic) bond motifs is 3. The number of methoxy groups -OCH3 is 3. The van der Waals surface area contributed by atoms with E-state index in [0.717, 1.165) is 27.1 Å². The van der Waals surface area contributed by atoms with E-state index in [1.807, 2.05) is 37.3 Å². The summed E-state index contributed by atoms with van der Waals surface area (Å²) in [7, 11) is 4.59. The number of ether oxygens (including phenoxy) is 3. The fraction of sp³-hybridized carbons (Fsp3) is 0.211. The molecule has 0 fully saturated rings. The van der Waals surface area contributed by atoms with Crippen molar-refractivity contribution in [1.82, 2.24) is 0 Å². The van der Waals surface area contributed by atoms with Crippen molar-refractivity contribution in [3.05, 3.63) is 47.5 Å². The van der Waals surface area contributed by atoms with Gasteiger partial charge in [0.05, 0.1) is 26.9 Å². The molecule has 0 saturated carbocycles. The monoisotopic (exact) mass is 310 g/mol. The van der Waals surface area contributed by atoms with Crippen molar-refractivity contribution in [2.75, 3.05) is 21.3 Å². The summed E-state index contributed by atoms with van der Waals surface area (Å²) < 4.78 is 15.7. The number of hydrogen-bond acceptors (Lipinski definition) is 4. The van der Waals surface area contributed by atoms with Gasteiger partial charge in [0, 0.05) is 0 Å². The number of carbonyl (C=O) groups is 1. The van der Waals surface area contributed by atoms with Gasteiger partial charge in [-0.05, 0) is 46.7 Å². The Morgan fingerprint density at radius 2 is 1.52 bits per heavy atom. The van der Waals surface area contributed by atoms with Crippen LogP contribution in [0.2, 0.25) is 0 Å². The topological polar surface area (TPSA) is 44.8 Å². The molecule has 3 aromatic carbocycles. The van der Waals surface area contributed by atoms with Crippen molar-refractivity contribution in [2.24, 2.45) is 0 Å².